The molecule has 3 amide bonds. The molecule has 9 heteroatoms. The number of urea groups is 1. The highest BCUT2D eigenvalue weighted by Gasteiger charge is 2.40. The summed E-state index contributed by atoms with van der Waals surface area (Å²) in [6.45, 7) is 2.43. The Bertz CT molecular complexity index is 956. The van der Waals surface area contributed by atoms with Crippen LogP contribution < -0.4 is 5.32 Å². The van der Waals surface area contributed by atoms with E-state index in [0.29, 0.717) is 32.1 Å². The summed E-state index contributed by atoms with van der Waals surface area (Å²) < 4.78 is 19.9. The van der Waals surface area contributed by atoms with Crippen LogP contribution in [0.1, 0.15) is 17.9 Å². The topological polar surface area (TPSA) is 79.7 Å². The molecule has 0 bridgehead atoms. The predicted molar refractivity (Wildman–Crippen MR) is 111 cm³/mol. The summed E-state index contributed by atoms with van der Waals surface area (Å²) in [6.07, 6.45) is 2.43. The van der Waals surface area contributed by atoms with E-state index in [4.69, 9.17) is 4.74 Å². The van der Waals surface area contributed by atoms with Crippen molar-refractivity contribution in [3.63, 3.8) is 0 Å². The molecule has 5 rings (SSSR count). The number of amides is 3. The molecule has 1 N–H and O–H groups in total. The van der Waals surface area contributed by atoms with Gasteiger partial charge >= 0.3 is 6.03 Å². The Morgan fingerprint density at radius 3 is 2.74 bits per heavy atom. The van der Waals surface area contributed by atoms with E-state index in [1.165, 1.54) is 5.56 Å². The second kappa shape index (κ2) is 8.30. The first-order valence-corrected chi connectivity index (χ1v) is 10.8. The maximum atomic E-state index is 12.9. The molecule has 2 atom stereocenters. The summed E-state index contributed by atoms with van der Waals surface area (Å²) in [5, 5.41) is 7.11. The number of ether oxygens (including phenoxy) is 1. The normalized spacial score (nSPS) is 23.8. The first-order valence-electron chi connectivity index (χ1n) is 10.8. The number of morpholine rings is 1. The van der Waals surface area contributed by atoms with Crippen LogP contribution in [0, 0.1) is 0 Å². The molecule has 164 valence electrons. The molecule has 4 heterocycles. The SMILES string of the molecule is O=C1CO[C@H]2CCN(C(=O)N3CC(c4ccc(-c5ccnn5CCF)cc4)C3)CC2N1. The molecule has 0 aliphatic carbocycles. The van der Waals surface area contributed by atoms with Crippen molar-refractivity contribution in [2.75, 3.05) is 39.5 Å². The van der Waals surface area contributed by atoms with Crippen molar-refractivity contribution in [1.29, 1.82) is 0 Å². The minimum Gasteiger partial charge on any atom is -0.366 e. The quantitative estimate of drug-likeness (QED) is 0.805. The molecule has 1 aromatic heterocycles. The summed E-state index contributed by atoms with van der Waals surface area (Å²) in [4.78, 5) is 28.1. The van der Waals surface area contributed by atoms with Gasteiger partial charge in [0.15, 0.2) is 0 Å². The number of carbonyl (C=O) groups excluding carboxylic acids is 2. The van der Waals surface area contributed by atoms with Gasteiger partial charge in [0.2, 0.25) is 5.91 Å². The van der Waals surface area contributed by atoms with E-state index in [-0.39, 0.29) is 37.2 Å². The standard InChI is InChI=1S/C22H26FN5O3/c23-7-10-28-19(5-8-24-28)16-3-1-15(2-4-16)17-11-27(12-17)22(30)26-9-6-20-18(13-26)25-21(29)14-31-20/h1-5,8,17-18,20H,6-7,9-14H2,(H,25,29)/t18?,20-/m0/s1. The van der Waals surface area contributed by atoms with Crippen molar-refractivity contribution in [3.05, 3.63) is 42.1 Å². The van der Waals surface area contributed by atoms with E-state index in [1.807, 2.05) is 28.0 Å². The van der Waals surface area contributed by atoms with Gasteiger partial charge in [-0.2, -0.15) is 5.10 Å². The molecule has 0 radical (unpaired) electrons. The third-order valence-corrected chi connectivity index (χ3v) is 6.44. The fraction of sp³-hybridized carbons (Fsp3) is 0.500. The average Bonchev–Trinajstić information content (AvgIpc) is 3.21. The lowest BCUT2D eigenvalue weighted by molar-refractivity contribution is -0.139. The number of piperidine rings is 1. The lowest BCUT2D eigenvalue weighted by Gasteiger charge is -2.46. The molecule has 0 saturated carbocycles. The number of rotatable bonds is 4. The van der Waals surface area contributed by atoms with E-state index in [9.17, 15) is 14.0 Å². The first-order chi connectivity index (χ1) is 15.1. The zero-order valence-corrected chi connectivity index (χ0v) is 17.2. The number of hydrogen-bond donors (Lipinski definition) is 1. The third kappa shape index (κ3) is 3.89. The van der Waals surface area contributed by atoms with Gasteiger partial charge in [0, 0.05) is 38.3 Å². The van der Waals surface area contributed by atoms with Gasteiger partial charge in [-0.15, -0.1) is 0 Å². The Kier molecular flexibility index (Phi) is 5.35. The second-order valence-electron chi connectivity index (χ2n) is 8.39. The first kappa shape index (κ1) is 20.0. The van der Waals surface area contributed by atoms with Gasteiger partial charge in [-0.1, -0.05) is 24.3 Å². The van der Waals surface area contributed by atoms with Crippen LogP contribution >= 0.6 is 0 Å². The van der Waals surface area contributed by atoms with Crippen LogP contribution in [-0.4, -0.2) is 83.1 Å². The highest BCUT2D eigenvalue weighted by molar-refractivity contribution is 5.79. The second-order valence-corrected chi connectivity index (χ2v) is 8.39. The van der Waals surface area contributed by atoms with Crippen molar-refractivity contribution in [2.24, 2.45) is 0 Å². The Hall–Kier alpha value is -2.94. The van der Waals surface area contributed by atoms with Gasteiger partial charge in [0.05, 0.1) is 24.4 Å². The molecule has 31 heavy (non-hydrogen) atoms. The molecule has 3 aliphatic rings. The molecular weight excluding hydrogens is 401 g/mol. The van der Waals surface area contributed by atoms with Crippen molar-refractivity contribution >= 4 is 11.9 Å². The number of benzene rings is 1. The van der Waals surface area contributed by atoms with Gasteiger partial charge in [-0.05, 0) is 23.6 Å². The number of carbonyl (C=O) groups is 2. The lowest BCUT2D eigenvalue weighted by Crippen LogP contribution is -2.63. The number of hydrogen-bond acceptors (Lipinski definition) is 4. The Labute approximate surface area is 179 Å². The van der Waals surface area contributed by atoms with Crippen LogP contribution in [0.3, 0.4) is 0 Å². The zero-order chi connectivity index (χ0) is 21.4. The van der Waals surface area contributed by atoms with E-state index < -0.39 is 6.67 Å². The minimum absolute atomic E-state index is 0.00520. The van der Waals surface area contributed by atoms with Crippen molar-refractivity contribution in [1.82, 2.24) is 24.9 Å². The molecule has 3 aliphatic heterocycles. The van der Waals surface area contributed by atoms with Crippen molar-refractivity contribution in [3.8, 4) is 11.3 Å². The summed E-state index contributed by atoms with van der Waals surface area (Å²) in [6, 6.07) is 10.0. The Balaban J connectivity index is 1.17. The van der Waals surface area contributed by atoms with E-state index in [1.54, 1.807) is 10.9 Å². The Morgan fingerprint density at radius 1 is 1.16 bits per heavy atom. The number of nitrogens with zero attached hydrogens (tertiary/aromatic N) is 4. The number of aromatic nitrogens is 2. The largest absolute Gasteiger partial charge is 0.366 e. The smallest absolute Gasteiger partial charge is 0.320 e. The Morgan fingerprint density at radius 2 is 1.97 bits per heavy atom. The summed E-state index contributed by atoms with van der Waals surface area (Å²) in [5.74, 6) is 0.194. The molecule has 1 unspecified atom stereocenters. The summed E-state index contributed by atoms with van der Waals surface area (Å²) in [5.41, 5.74) is 3.09. The van der Waals surface area contributed by atoms with Crippen molar-refractivity contribution < 1.29 is 18.7 Å². The van der Waals surface area contributed by atoms with Crippen LogP contribution in [0.4, 0.5) is 9.18 Å². The fourth-order valence-corrected chi connectivity index (χ4v) is 4.68. The van der Waals surface area contributed by atoms with E-state index in [0.717, 1.165) is 17.7 Å². The fourth-order valence-electron chi connectivity index (χ4n) is 4.68. The van der Waals surface area contributed by atoms with Crippen LogP contribution in [0.5, 0.6) is 0 Å². The van der Waals surface area contributed by atoms with Crippen LogP contribution in [0.2, 0.25) is 0 Å². The molecular formula is C22H26FN5O3. The number of alkyl halides is 1. The van der Waals surface area contributed by atoms with Crippen LogP contribution in [-0.2, 0) is 16.1 Å². The van der Waals surface area contributed by atoms with E-state index >= 15 is 0 Å². The number of likely N-dealkylation sites (tertiary alicyclic amines) is 2. The van der Waals surface area contributed by atoms with Crippen LogP contribution in [0.15, 0.2) is 36.5 Å². The molecule has 1 aromatic carbocycles. The van der Waals surface area contributed by atoms with Gasteiger partial charge in [0.25, 0.3) is 0 Å². The van der Waals surface area contributed by atoms with Gasteiger partial charge in [-0.25, -0.2) is 9.18 Å². The molecule has 3 fully saturated rings. The lowest BCUT2D eigenvalue weighted by atomic mass is 9.90. The number of aryl methyl sites for hydroxylation is 1. The number of nitrogens with one attached hydrogen (secondary N) is 1. The molecule has 2 aromatic rings. The highest BCUT2D eigenvalue weighted by Crippen LogP contribution is 2.30. The van der Waals surface area contributed by atoms with Gasteiger partial charge in [-0.3, -0.25) is 9.48 Å². The maximum absolute atomic E-state index is 12.9. The molecule has 0 spiro atoms. The van der Waals surface area contributed by atoms with E-state index in [2.05, 4.69) is 22.5 Å². The minimum atomic E-state index is -0.448. The number of fused-ring (bicyclic) bond motifs is 1. The third-order valence-electron chi connectivity index (χ3n) is 6.44. The number of halogens is 1. The molecule has 3 saturated heterocycles. The maximum Gasteiger partial charge on any atom is 0.320 e. The zero-order valence-electron chi connectivity index (χ0n) is 17.2. The molecule has 8 nitrogen and oxygen atoms in total. The average molecular weight is 427 g/mol. The predicted octanol–water partition coefficient (Wildman–Crippen LogP) is 1.63. The monoisotopic (exact) mass is 427 g/mol. The van der Waals surface area contributed by atoms with Gasteiger partial charge in [0.1, 0.15) is 13.3 Å². The summed E-state index contributed by atoms with van der Waals surface area (Å²) in [7, 11) is 0. The highest BCUT2D eigenvalue weighted by atomic mass is 19.1. The van der Waals surface area contributed by atoms with Crippen LogP contribution in [0.25, 0.3) is 11.3 Å². The summed E-state index contributed by atoms with van der Waals surface area (Å²) >= 11 is 0. The van der Waals surface area contributed by atoms with Crippen molar-refractivity contribution in [2.45, 2.75) is 31.0 Å². The van der Waals surface area contributed by atoms with Gasteiger partial charge < -0.3 is 19.9 Å².